The van der Waals surface area contributed by atoms with Crippen LogP contribution in [0.2, 0.25) is 0 Å². The molecule has 0 amide bonds. The van der Waals surface area contributed by atoms with E-state index in [9.17, 15) is 10.1 Å². The lowest BCUT2D eigenvalue weighted by Gasteiger charge is -2.04. The molecule has 0 aromatic rings. The third kappa shape index (κ3) is 0.996. The third-order valence-corrected chi connectivity index (χ3v) is 1.14. The number of nitrogens with zero attached hydrogens (tertiary/aromatic N) is 2. The Morgan fingerprint density at radius 1 is 2.00 bits per heavy atom. The zero-order valence-electron chi connectivity index (χ0n) is 5.00. The van der Waals surface area contributed by atoms with Gasteiger partial charge >= 0.3 is 5.82 Å². The number of rotatable bonds is 1. The van der Waals surface area contributed by atoms with E-state index in [1.54, 1.807) is 7.05 Å². The molecule has 0 spiro atoms. The van der Waals surface area contributed by atoms with Gasteiger partial charge in [0.05, 0.1) is 13.6 Å². The Kier molecular flexibility index (Phi) is 1.35. The molecule has 0 bridgehead atoms. The molecule has 1 heterocycles. The van der Waals surface area contributed by atoms with Crippen molar-refractivity contribution in [3.05, 3.63) is 22.0 Å². The zero-order valence-corrected chi connectivity index (χ0v) is 5.00. The van der Waals surface area contributed by atoms with Gasteiger partial charge < -0.3 is 10.1 Å². The fourth-order valence-electron chi connectivity index (χ4n) is 0.689. The van der Waals surface area contributed by atoms with E-state index in [-0.39, 0.29) is 5.82 Å². The van der Waals surface area contributed by atoms with Crippen LogP contribution in [0.15, 0.2) is 11.9 Å². The number of nitro groups is 1. The highest BCUT2D eigenvalue weighted by Gasteiger charge is 2.20. The quantitative estimate of drug-likeness (QED) is 0.385. The summed E-state index contributed by atoms with van der Waals surface area (Å²) in [5, 5.41) is 11.5. The standard InChI is InChI=1S/C4H7N3O2/c1-6-4(7(8)9)2-3-5-6/h2,5H,3H2,1H3. The van der Waals surface area contributed by atoms with Crippen molar-refractivity contribution in [2.45, 2.75) is 0 Å². The Bertz CT molecular complexity index is 165. The molecular weight excluding hydrogens is 122 g/mol. The molecular formula is C4H7N3O2. The molecule has 50 valence electrons. The maximum absolute atomic E-state index is 10.1. The van der Waals surface area contributed by atoms with E-state index in [1.165, 1.54) is 11.1 Å². The van der Waals surface area contributed by atoms with E-state index < -0.39 is 4.92 Å². The molecule has 5 heteroatoms. The van der Waals surface area contributed by atoms with Crippen LogP contribution in [0, 0.1) is 10.1 Å². The molecule has 0 unspecified atom stereocenters. The summed E-state index contributed by atoms with van der Waals surface area (Å²) >= 11 is 0. The fourth-order valence-corrected chi connectivity index (χ4v) is 0.689. The van der Waals surface area contributed by atoms with E-state index in [0.29, 0.717) is 6.54 Å². The SMILES string of the molecule is CN1NCC=C1[N+](=O)[O-]. The predicted molar refractivity (Wildman–Crippen MR) is 30.8 cm³/mol. The minimum absolute atomic E-state index is 0.120. The molecule has 0 radical (unpaired) electrons. The van der Waals surface area contributed by atoms with Gasteiger partial charge in [0, 0.05) is 6.08 Å². The van der Waals surface area contributed by atoms with Gasteiger partial charge in [0.15, 0.2) is 0 Å². The van der Waals surface area contributed by atoms with Crippen LogP contribution in [-0.4, -0.2) is 23.5 Å². The molecule has 0 fully saturated rings. The molecule has 1 aliphatic heterocycles. The molecule has 0 saturated carbocycles. The van der Waals surface area contributed by atoms with Crippen molar-refractivity contribution in [3.63, 3.8) is 0 Å². The van der Waals surface area contributed by atoms with Gasteiger partial charge in [0.25, 0.3) is 0 Å². The molecule has 0 saturated heterocycles. The Morgan fingerprint density at radius 3 is 2.89 bits per heavy atom. The Balaban J connectivity index is 2.68. The summed E-state index contributed by atoms with van der Waals surface area (Å²) in [5.74, 6) is 0.120. The van der Waals surface area contributed by atoms with Gasteiger partial charge in [0.2, 0.25) is 0 Å². The molecule has 9 heavy (non-hydrogen) atoms. The second kappa shape index (κ2) is 2.02. The van der Waals surface area contributed by atoms with Crippen molar-refractivity contribution in [2.24, 2.45) is 0 Å². The van der Waals surface area contributed by atoms with E-state index in [0.717, 1.165) is 0 Å². The summed E-state index contributed by atoms with van der Waals surface area (Å²) in [6.07, 6.45) is 1.53. The number of hydrogen-bond acceptors (Lipinski definition) is 4. The number of hydrazine groups is 1. The van der Waals surface area contributed by atoms with Crippen molar-refractivity contribution in [1.82, 2.24) is 10.4 Å². The first kappa shape index (κ1) is 6.03. The van der Waals surface area contributed by atoms with E-state index in [1.807, 2.05) is 0 Å². The Hall–Kier alpha value is -1.10. The van der Waals surface area contributed by atoms with Crippen LogP contribution in [0.5, 0.6) is 0 Å². The van der Waals surface area contributed by atoms with Crippen LogP contribution in [0.1, 0.15) is 0 Å². The lowest BCUT2D eigenvalue weighted by molar-refractivity contribution is -0.445. The largest absolute Gasteiger partial charge is 0.358 e. The first-order valence-electron chi connectivity index (χ1n) is 2.53. The van der Waals surface area contributed by atoms with E-state index >= 15 is 0 Å². The highest BCUT2D eigenvalue weighted by Crippen LogP contribution is 2.02. The average molecular weight is 129 g/mol. The van der Waals surface area contributed by atoms with Gasteiger partial charge in [0.1, 0.15) is 0 Å². The number of hydrogen-bond donors (Lipinski definition) is 1. The Morgan fingerprint density at radius 2 is 2.67 bits per heavy atom. The second-order valence-corrected chi connectivity index (χ2v) is 1.74. The summed E-state index contributed by atoms with van der Waals surface area (Å²) in [4.78, 5) is 9.65. The van der Waals surface area contributed by atoms with Crippen molar-refractivity contribution in [1.29, 1.82) is 0 Å². The summed E-state index contributed by atoms with van der Waals surface area (Å²) in [5.41, 5.74) is 2.75. The van der Waals surface area contributed by atoms with Gasteiger partial charge in [-0.05, 0) is 4.92 Å². The number of nitrogens with one attached hydrogen (secondary N) is 1. The van der Waals surface area contributed by atoms with Crippen molar-refractivity contribution >= 4 is 0 Å². The van der Waals surface area contributed by atoms with Crippen molar-refractivity contribution in [2.75, 3.05) is 13.6 Å². The van der Waals surface area contributed by atoms with Crippen LogP contribution < -0.4 is 5.43 Å². The van der Waals surface area contributed by atoms with Gasteiger partial charge in [-0.25, -0.2) is 0 Å². The maximum Gasteiger partial charge on any atom is 0.333 e. The Labute approximate surface area is 52.1 Å². The zero-order chi connectivity index (χ0) is 6.85. The molecule has 0 aromatic heterocycles. The van der Waals surface area contributed by atoms with Gasteiger partial charge in [-0.15, -0.1) is 0 Å². The molecule has 0 aromatic carbocycles. The summed E-state index contributed by atoms with van der Waals surface area (Å²) in [6.45, 7) is 0.548. The predicted octanol–water partition coefficient (Wildman–Crippen LogP) is -0.446. The van der Waals surface area contributed by atoms with E-state index in [4.69, 9.17) is 0 Å². The topological polar surface area (TPSA) is 58.4 Å². The summed E-state index contributed by atoms with van der Waals surface area (Å²) < 4.78 is 0. The maximum atomic E-state index is 10.1. The molecule has 1 aliphatic rings. The molecule has 1 rings (SSSR count). The fraction of sp³-hybridized carbons (Fsp3) is 0.500. The van der Waals surface area contributed by atoms with Crippen LogP contribution in [0.3, 0.4) is 0 Å². The van der Waals surface area contributed by atoms with Crippen LogP contribution >= 0.6 is 0 Å². The van der Waals surface area contributed by atoms with Crippen molar-refractivity contribution in [3.8, 4) is 0 Å². The first-order valence-corrected chi connectivity index (χ1v) is 2.53. The highest BCUT2D eigenvalue weighted by atomic mass is 16.6. The lowest BCUT2D eigenvalue weighted by Crippen LogP contribution is -2.29. The monoisotopic (exact) mass is 129 g/mol. The third-order valence-electron chi connectivity index (χ3n) is 1.14. The van der Waals surface area contributed by atoms with Crippen LogP contribution in [0.25, 0.3) is 0 Å². The molecule has 5 nitrogen and oxygen atoms in total. The summed E-state index contributed by atoms with van der Waals surface area (Å²) in [7, 11) is 1.61. The second-order valence-electron chi connectivity index (χ2n) is 1.74. The normalized spacial score (nSPS) is 17.9. The highest BCUT2D eigenvalue weighted by molar-refractivity contribution is 4.95. The summed E-state index contributed by atoms with van der Waals surface area (Å²) in [6, 6.07) is 0. The van der Waals surface area contributed by atoms with Gasteiger partial charge in [-0.2, -0.15) is 10.4 Å². The average Bonchev–Trinajstić information content (AvgIpc) is 2.13. The molecule has 0 aliphatic carbocycles. The minimum atomic E-state index is -0.417. The van der Waals surface area contributed by atoms with Crippen LogP contribution in [-0.2, 0) is 0 Å². The van der Waals surface area contributed by atoms with Crippen LogP contribution in [0.4, 0.5) is 0 Å². The van der Waals surface area contributed by atoms with Gasteiger partial charge in [-0.1, -0.05) is 0 Å². The van der Waals surface area contributed by atoms with E-state index in [2.05, 4.69) is 5.43 Å². The van der Waals surface area contributed by atoms with Gasteiger partial charge in [-0.3, -0.25) is 0 Å². The van der Waals surface area contributed by atoms with Crippen molar-refractivity contribution < 1.29 is 4.92 Å². The lowest BCUT2D eigenvalue weighted by atomic mass is 10.6. The molecule has 0 atom stereocenters. The smallest absolute Gasteiger partial charge is 0.333 e. The first-order chi connectivity index (χ1) is 4.22. The minimum Gasteiger partial charge on any atom is -0.358 e. The molecule has 1 N–H and O–H groups in total.